The molecule has 6 rings (SSSR count). The zero-order valence-corrected chi connectivity index (χ0v) is 27.4. The molecule has 1 saturated heterocycles. The quantitative estimate of drug-likeness (QED) is 0.311. The number of aryl methyl sites for hydroxylation is 1. The second kappa shape index (κ2) is 15.3. The molecule has 1 aliphatic heterocycles. The summed E-state index contributed by atoms with van der Waals surface area (Å²) in [6.45, 7) is 2.41. The van der Waals surface area contributed by atoms with Crippen molar-refractivity contribution in [2.75, 3.05) is 19.6 Å². The summed E-state index contributed by atoms with van der Waals surface area (Å²) < 4.78 is 24.3. The first-order valence-corrected chi connectivity index (χ1v) is 17.6. The lowest BCUT2D eigenvalue weighted by Gasteiger charge is -2.42. The number of aromatic nitrogens is 2. The van der Waals surface area contributed by atoms with Gasteiger partial charge in [-0.2, -0.15) is 0 Å². The second-order valence-corrected chi connectivity index (χ2v) is 13.7. The molecule has 3 heterocycles. The molecule has 3 amide bonds. The Morgan fingerprint density at radius 3 is 2.57 bits per heavy atom. The SMILES string of the molecule is [2H]C1(C[C@H](NC2([2H])CCCCC2)C(=O)N2CCN(C(=O)Oc3cccc4c(C)ncnc34)C[C@H]2C(=O)NCc2cccs2)CCCCC1. The Hall–Kier alpha value is -3.57. The number of para-hydroxylation sites is 1. The van der Waals surface area contributed by atoms with Gasteiger partial charge in [0.05, 0.1) is 19.1 Å². The van der Waals surface area contributed by atoms with E-state index in [1.54, 1.807) is 17.0 Å². The van der Waals surface area contributed by atoms with E-state index in [1.807, 2.05) is 30.5 Å². The fourth-order valence-corrected chi connectivity index (χ4v) is 7.53. The minimum atomic E-state index is -0.971. The molecule has 2 aromatic heterocycles. The van der Waals surface area contributed by atoms with E-state index in [-0.39, 0.29) is 31.4 Å². The number of nitrogens with one attached hydrogen (secondary N) is 2. The molecule has 2 saturated carbocycles. The molecule has 10 nitrogen and oxygen atoms in total. The van der Waals surface area contributed by atoms with Crippen LogP contribution >= 0.6 is 11.3 Å². The van der Waals surface area contributed by atoms with Gasteiger partial charge in [0, 0.05) is 37.8 Å². The van der Waals surface area contributed by atoms with Crippen LogP contribution in [-0.2, 0) is 16.1 Å². The highest BCUT2D eigenvalue weighted by Crippen LogP contribution is 2.30. The standard InChI is InChI=1S/C35H46N6O4S/c1-24-28-15-8-16-31(32(28)38-23-37-24)45-35(44)40-17-18-41(30(22-40)33(42)36-21-27-14-9-19-46-27)34(43)29(20-25-10-4-2-5-11-25)39-26-12-6-3-7-13-26/h8-9,14-16,19,23,25-26,29-30,39H,2-7,10-13,17-18,20-22H2,1H3,(H,36,42)/t29-,30-/m0/s1/i25D,26D. The summed E-state index contributed by atoms with van der Waals surface area (Å²) in [5.74, 6) is -1.11. The Bertz CT molecular complexity index is 1570. The van der Waals surface area contributed by atoms with E-state index in [4.69, 9.17) is 4.74 Å². The predicted molar refractivity (Wildman–Crippen MR) is 179 cm³/mol. The van der Waals surface area contributed by atoms with Gasteiger partial charge in [-0.05, 0) is 49.6 Å². The maximum Gasteiger partial charge on any atom is 0.415 e. The van der Waals surface area contributed by atoms with Crippen molar-refractivity contribution in [2.45, 2.75) is 102 Å². The van der Waals surface area contributed by atoms with Crippen LogP contribution in [0.2, 0.25) is 0 Å². The summed E-state index contributed by atoms with van der Waals surface area (Å²) in [6, 6.07) is 6.48. The zero-order chi connectivity index (χ0) is 33.7. The molecule has 0 bridgehead atoms. The number of rotatable bonds is 9. The monoisotopic (exact) mass is 648 g/mol. The zero-order valence-electron chi connectivity index (χ0n) is 28.6. The second-order valence-electron chi connectivity index (χ2n) is 12.6. The van der Waals surface area contributed by atoms with Crippen LogP contribution in [0.15, 0.2) is 42.0 Å². The molecule has 246 valence electrons. The topological polar surface area (TPSA) is 117 Å². The number of fused-ring (bicyclic) bond motifs is 1. The summed E-state index contributed by atoms with van der Waals surface area (Å²) in [5, 5.41) is 9.11. The number of hydrogen-bond acceptors (Lipinski definition) is 8. The first-order valence-electron chi connectivity index (χ1n) is 17.7. The fraction of sp³-hybridized carbons (Fsp3) is 0.571. The van der Waals surface area contributed by atoms with E-state index in [1.165, 1.54) is 22.6 Å². The fourth-order valence-electron chi connectivity index (χ4n) is 6.89. The van der Waals surface area contributed by atoms with E-state index in [0.29, 0.717) is 49.9 Å². The normalized spacial score (nSPS) is 22.4. The lowest BCUT2D eigenvalue weighted by atomic mass is 9.83. The Morgan fingerprint density at radius 2 is 1.80 bits per heavy atom. The van der Waals surface area contributed by atoms with E-state index in [2.05, 4.69) is 20.6 Å². The smallest absolute Gasteiger partial charge is 0.408 e. The minimum Gasteiger partial charge on any atom is -0.408 e. The van der Waals surface area contributed by atoms with E-state index < -0.39 is 30.1 Å². The number of thiophene rings is 1. The van der Waals surface area contributed by atoms with Crippen LogP contribution in [0.4, 0.5) is 4.79 Å². The van der Waals surface area contributed by atoms with Gasteiger partial charge in [-0.25, -0.2) is 14.8 Å². The number of carbonyl (C=O) groups excluding carboxylic acids is 3. The number of amides is 3. The number of hydrogen-bond donors (Lipinski definition) is 2. The Labute approximate surface area is 278 Å². The molecule has 3 fully saturated rings. The van der Waals surface area contributed by atoms with Gasteiger partial charge in [-0.15, -0.1) is 11.3 Å². The predicted octanol–water partition coefficient (Wildman–Crippen LogP) is 5.59. The highest BCUT2D eigenvalue weighted by molar-refractivity contribution is 7.09. The van der Waals surface area contributed by atoms with Crippen LogP contribution in [-0.4, -0.2) is 75.4 Å². The third-order valence-electron chi connectivity index (χ3n) is 9.45. The van der Waals surface area contributed by atoms with Crippen molar-refractivity contribution in [2.24, 2.45) is 5.89 Å². The molecule has 3 aliphatic rings. The van der Waals surface area contributed by atoms with Crippen molar-refractivity contribution in [3.8, 4) is 5.75 Å². The van der Waals surface area contributed by atoms with Gasteiger partial charge in [0.2, 0.25) is 11.8 Å². The molecule has 0 unspecified atom stereocenters. The van der Waals surface area contributed by atoms with Gasteiger partial charge in [0.1, 0.15) is 17.9 Å². The van der Waals surface area contributed by atoms with Gasteiger partial charge >= 0.3 is 6.09 Å². The minimum absolute atomic E-state index is 0.0512. The Kier molecular flexibility index (Phi) is 9.94. The highest BCUT2D eigenvalue weighted by atomic mass is 32.1. The van der Waals surface area contributed by atoms with Crippen molar-refractivity contribution < 1.29 is 21.9 Å². The lowest BCUT2D eigenvalue weighted by molar-refractivity contribution is -0.145. The summed E-state index contributed by atoms with van der Waals surface area (Å²) in [4.78, 5) is 54.6. The molecule has 2 aliphatic carbocycles. The third-order valence-corrected chi connectivity index (χ3v) is 10.3. The van der Waals surface area contributed by atoms with Gasteiger partial charge in [-0.3, -0.25) is 9.59 Å². The molecule has 2 atom stereocenters. The number of nitrogens with zero attached hydrogens (tertiary/aromatic N) is 4. The maximum absolute atomic E-state index is 14.6. The van der Waals surface area contributed by atoms with Crippen LogP contribution in [0.3, 0.4) is 0 Å². The van der Waals surface area contributed by atoms with E-state index >= 15 is 0 Å². The Morgan fingerprint density at radius 1 is 1.02 bits per heavy atom. The molecule has 0 radical (unpaired) electrons. The maximum atomic E-state index is 14.6. The largest absolute Gasteiger partial charge is 0.415 e. The lowest BCUT2D eigenvalue weighted by Crippen LogP contribution is -2.64. The first kappa shape index (κ1) is 29.8. The number of carbonyl (C=O) groups is 3. The molecule has 11 heteroatoms. The molecule has 1 aromatic carbocycles. The van der Waals surface area contributed by atoms with Crippen LogP contribution in [0.1, 0.15) is 83.9 Å². The van der Waals surface area contributed by atoms with Crippen molar-refractivity contribution >= 4 is 40.1 Å². The number of piperazine rings is 1. The van der Waals surface area contributed by atoms with Gasteiger partial charge in [0.25, 0.3) is 0 Å². The van der Waals surface area contributed by atoms with Gasteiger partial charge in [-0.1, -0.05) is 69.6 Å². The van der Waals surface area contributed by atoms with Crippen LogP contribution < -0.4 is 15.4 Å². The summed E-state index contributed by atoms with van der Waals surface area (Å²) in [6.07, 6.45) is 9.71. The Balaban J connectivity index is 1.24. The van der Waals surface area contributed by atoms with Crippen molar-refractivity contribution in [3.63, 3.8) is 0 Å². The van der Waals surface area contributed by atoms with Crippen molar-refractivity contribution in [1.29, 1.82) is 0 Å². The number of ether oxygens (including phenoxy) is 1. The van der Waals surface area contributed by atoms with Crippen molar-refractivity contribution in [3.05, 3.63) is 52.6 Å². The van der Waals surface area contributed by atoms with Crippen LogP contribution in [0.25, 0.3) is 10.9 Å². The molecular formula is C35H46N6O4S. The highest BCUT2D eigenvalue weighted by Gasteiger charge is 2.41. The molecule has 46 heavy (non-hydrogen) atoms. The molecule has 0 spiro atoms. The molecule has 2 N–H and O–H groups in total. The van der Waals surface area contributed by atoms with E-state index in [0.717, 1.165) is 54.5 Å². The van der Waals surface area contributed by atoms with Crippen LogP contribution in [0.5, 0.6) is 5.75 Å². The summed E-state index contributed by atoms with van der Waals surface area (Å²) >= 11 is 1.53. The van der Waals surface area contributed by atoms with Crippen LogP contribution in [0, 0.1) is 12.8 Å². The van der Waals surface area contributed by atoms with Gasteiger partial charge in [0.15, 0.2) is 5.75 Å². The first-order chi connectivity index (χ1) is 23.1. The van der Waals surface area contributed by atoms with E-state index in [9.17, 15) is 17.1 Å². The average molecular weight is 649 g/mol. The average Bonchev–Trinajstić information content (AvgIpc) is 3.61. The summed E-state index contributed by atoms with van der Waals surface area (Å²) in [5.41, 5.74) is 1.28. The summed E-state index contributed by atoms with van der Waals surface area (Å²) in [7, 11) is 0. The molecule has 3 aromatic rings. The van der Waals surface area contributed by atoms with Gasteiger partial charge < -0.3 is 25.2 Å². The third kappa shape index (κ3) is 7.86. The van der Waals surface area contributed by atoms with Crippen molar-refractivity contribution in [1.82, 2.24) is 30.4 Å². The molecular weight excluding hydrogens is 600 g/mol. The number of benzene rings is 1.